The molecule has 0 spiro atoms. The second-order valence-electron chi connectivity index (χ2n) is 8.10. The molecule has 2 aromatic carbocycles. The zero-order valence-electron chi connectivity index (χ0n) is 19.5. The summed E-state index contributed by atoms with van der Waals surface area (Å²) in [4.78, 5) is 18.2. The van der Waals surface area contributed by atoms with Crippen LogP contribution < -0.4 is 0 Å². The molecule has 0 aliphatic heterocycles. The lowest BCUT2D eigenvalue weighted by atomic mass is 10.0. The first-order valence-electron chi connectivity index (χ1n) is 11.8. The summed E-state index contributed by atoms with van der Waals surface area (Å²) in [5.41, 5.74) is 4.76. The number of carbonyl (C=O) groups is 1. The maximum Gasteiger partial charge on any atom is 0.300 e. The van der Waals surface area contributed by atoms with Crippen LogP contribution in [0.3, 0.4) is 0 Å². The number of rotatable bonds is 11. The smallest absolute Gasteiger partial charge is 0.300 e. The lowest BCUT2D eigenvalue weighted by molar-refractivity contribution is -0.134. The number of unbranched alkanes of at least 4 members (excludes halogenated alkanes) is 7. The van der Waals surface area contributed by atoms with E-state index in [1.807, 2.05) is 18.5 Å². The average molecular weight is 433 g/mol. The van der Waals surface area contributed by atoms with Crippen LogP contribution in [0.15, 0.2) is 67.0 Å². The highest BCUT2D eigenvalue weighted by Gasteiger charge is 2.03. The van der Waals surface area contributed by atoms with Gasteiger partial charge in [-0.05, 0) is 29.5 Å². The van der Waals surface area contributed by atoms with E-state index < -0.39 is 5.97 Å². The lowest BCUT2D eigenvalue weighted by Crippen LogP contribution is -1.93. The van der Waals surface area contributed by atoms with Crippen molar-refractivity contribution in [2.45, 2.75) is 71.6 Å². The van der Waals surface area contributed by atoms with Gasteiger partial charge in [-0.1, -0.05) is 106 Å². The zero-order chi connectivity index (χ0) is 23.0. The lowest BCUT2D eigenvalue weighted by Gasteiger charge is -2.05. The molecule has 1 aromatic heterocycles. The molecule has 4 heteroatoms. The Morgan fingerprint density at radius 2 is 1.19 bits per heavy atom. The van der Waals surface area contributed by atoms with Crippen LogP contribution in [-0.4, -0.2) is 21.0 Å². The number of aryl methyl sites for hydroxylation is 1. The molecule has 4 nitrogen and oxygen atoms in total. The third-order valence-electron chi connectivity index (χ3n) is 5.27. The van der Waals surface area contributed by atoms with E-state index in [0.717, 1.165) is 24.7 Å². The quantitative estimate of drug-likeness (QED) is 0.317. The fourth-order valence-electron chi connectivity index (χ4n) is 3.54. The second-order valence-corrected chi connectivity index (χ2v) is 8.10. The average Bonchev–Trinajstić information content (AvgIpc) is 2.82. The van der Waals surface area contributed by atoms with E-state index in [-0.39, 0.29) is 0 Å². The van der Waals surface area contributed by atoms with Gasteiger partial charge in [0, 0.05) is 24.9 Å². The van der Waals surface area contributed by atoms with Gasteiger partial charge < -0.3 is 5.11 Å². The summed E-state index contributed by atoms with van der Waals surface area (Å²) in [5.74, 6) is -0.0284. The van der Waals surface area contributed by atoms with E-state index in [1.54, 1.807) is 0 Å². The largest absolute Gasteiger partial charge is 0.481 e. The summed E-state index contributed by atoms with van der Waals surface area (Å²) in [6.45, 7) is 3.35. The predicted octanol–water partition coefficient (Wildman–Crippen LogP) is 7.58. The highest BCUT2D eigenvalue weighted by atomic mass is 16.4. The Morgan fingerprint density at radius 3 is 1.75 bits per heavy atom. The van der Waals surface area contributed by atoms with Crippen molar-refractivity contribution in [2.24, 2.45) is 0 Å². The minimum atomic E-state index is -0.833. The number of hydrogen-bond acceptors (Lipinski definition) is 3. The van der Waals surface area contributed by atoms with Crippen LogP contribution in [0.2, 0.25) is 0 Å². The Kier molecular flexibility index (Phi) is 11.8. The molecule has 0 atom stereocenters. The minimum absolute atomic E-state index is 0.805. The number of aliphatic carboxylic acids is 1. The van der Waals surface area contributed by atoms with Crippen LogP contribution in [0, 0.1) is 0 Å². The molecule has 1 heterocycles. The molecular formula is C28H36N2O2. The molecule has 0 aliphatic rings. The SMILES string of the molecule is CC(=O)O.CCCCCCCCCCc1cnc(-c2ccc(-c3ccccc3)cc2)nc1. The van der Waals surface area contributed by atoms with Crippen molar-refractivity contribution in [3.63, 3.8) is 0 Å². The molecule has 0 saturated carbocycles. The van der Waals surface area contributed by atoms with Crippen LogP contribution in [0.25, 0.3) is 22.5 Å². The Bertz CT molecular complexity index is 887. The molecule has 32 heavy (non-hydrogen) atoms. The molecule has 3 aromatic rings. The summed E-state index contributed by atoms with van der Waals surface area (Å²) in [6, 6.07) is 18.9. The van der Waals surface area contributed by atoms with Crippen LogP contribution in [0.1, 0.15) is 70.8 Å². The van der Waals surface area contributed by atoms with E-state index in [1.165, 1.54) is 68.1 Å². The van der Waals surface area contributed by atoms with Crippen molar-refractivity contribution < 1.29 is 9.90 Å². The van der Waals surface area contributed by atoms with Crippen molar-refractivity contribution in [1.29, 1.82) is 0 Å². The number of aromatic nitrogens is 2. The van der Waals surface area contributed by atoms with Gasteiger partial charge in [0.2, 0.25) is 0 Å². The molecule has 0 saturated heterocycles. The molecule has 0 radical (unpaired) electrons. The fourth-order valence-corrected chi connectivity index (χ4v) is 3.54. The normalized spacial score (nSPS) is 10.3. The van der Waals surface area contributed by atoms with E-state index in [9.17, 15) is 0 Å². The van der Waals surface area contributed by atoms with Crippen molar-refractivity contribution in [1.82, 2.24) is 9.97 Å². The molecule has 0 amide bonds. The summed E-state index contributed by atoms with van der Waals surface area (Å²) in [7, 11) is 0. The Labute approximate surface area is 192 Å². The van der Waals surface area contributed by atoms with E-state index in [0.29, 0.717) is 0 Å². The van der Waals surface area contributed by atoms with E-state index >= 15 is 0 Å². The predicted molar refractivity (Wildman–Crippen MR) is 133 cm³/mol. The Balaban J connectivity index is 0.000000837. The number of carboxylic acid groups (broad SMARTS) is 1. The molecule has 1 N–H and O–H groups in total. The Hall–Kier alpha value is -3.01. The molecule has 0 aliphatic carbocycles. The summed E-state index contributed by atoms with van der Waals surface area (Å²) >= 11 is 0. The van der Waals surface area contributed by atoms with Gasteiger partial charge in [-0.25, -0.2) is 9.97 Å². The molecule has 0 unspecified atom stereocenters. The van der Waals surface area contributed by atoms with Gasteiger partial charge in [0.1, 0.15) is 0 Å². The van der Waals surface area contributed by atoms with Crippen LogP contribution in [-0.2, 0) is 11.2 Å². The van der Waals surface area contributed by atoms with Gasteiger partial charge in [-0.2, -0.15) is 0 Å². The van der Waals surface area contributed by atoms with Gasteiger partial charge in [-0.3, -0.25) is 4.79 Å². The summed E-state index contributed by atoms with van der Waals surface area (Å²) < 4.78 is 0. The van der Waals surface area contributed by atoms with Gasteiger partial charge in [0.15, 0.2) is 5.82 Å². The highest BCUT2D eigenvalue weighted by molar-refractivity contribution is 5.67. The van der Waals surface area contributed by atoms with Gasteiger partial charge in [0.25, 0.3) is 5.97 Å². The van der Waals surface area contributed by atoms with Crippen LogP contribution in [0.5, 0.6) is 0 Å². The van der Waals surface area contributed by atoms with Crippen molar-refractivity contribution in [2.75, 3.05) is 0 Å². The molecule has 0 fully saturated rings. The van der Waals surface area contributed by atoms with Gasteiger partial charge in [0.05, 0.1) is 0 Å². The maximum absolute atomic E-state index is 9.00. The highest BCUT2D eigenvalue weighted by Crippen LogP contribution is 2.23. The van der Waals surface area contributed by atoms with Crippen LogP contribution >= 0.6 is 0 Å². The fraction of sp³-hybridized carbons (Fsp3) is 0.393. The minimum Gasteiger partial charge on any atom is -0.481 e. The number of carboxylic acids is 1. The van der Waals surface area contributed by atoms with Crippen molar-refractivity contribution in [3.05, 3.63) is 72.6 Å². The third-order valence-corrected chi connectivity index (χ3v) is 5.27. The molecular weight excluding hydrogens is 396 g/mol. The second kappa shape index (κ2) is 14.9. The standard InChI is InChI=1S/C26H32N2.C2H4O2/c1-2-3-4-5-6-7-8-10-13-22-20-27-26(28-21-22)25-18-16-24(17-19-25)23-14-11-9-12-15-23;1-2(3)4/h9,11-12,14-21H,2-8,10,13H2,1H3;1H3,(H,3,4). The number of hydrogen-bond donors (Lipinski definition) is 1. The summed E-state index contributed by atoms with van der Waals surface area (Å²) in [5, 5.41) is 7.42. The monoisotopic (exact) mass is 432 g/mol. The van der Waals surface area contributed by atoms with Gasteiger partial charge in [-0.15, -0.1) is 0 Å². The van der Waals surface area contributed by atoms with Gasteiger partial charge >= 0.3 is 0 Å². The van der Waals surface area contributed by atoms with Crippen molar-refractivity contribution in [3.8, 4) is 22.5 Å². The van der Waals surface area contributed by atoms with E-state index in [2.05, 4.69) is 65.4 Å². The Morgan fingerprint density at radius 1 is 0.719 bits per heavy atom. The molecule has 0 bridgehead atoms. The zero-order valence-corrected chi connectivity index (χ0v) is 19.5. The topological polar surface area (TPSA) is 63.1 Å². The first-order chi connectivity index (χ1) is 15.6. The number of nitrogens with zero attached hydrogens (tertiary/aromatic N) is 2. The molecule has 170 valence electrons. The first kappa shape index (κ1) is 25.3. The summed E-state index contributed by atoms with van der Waals surface area (Å²) in [6.07, 6.45) is 15.9. The van der Waals surface area contributed by atoms with Crippen LogP contribution in [0.4, 0.5) is 0 Å². The number of benzene rings is 2. The molecule has 3 rings (SSSR count). The van der Waals surface area contributed by atoms with E-state index in [4.69, 9.17) is 9.90 Å². The maximum atomic E-state index is 9.00. The van der Waals surface area contributed by atoms with Crippen molar-refractivity contribution >= 4 is 5.97 Å². The third kappa shape index (κ3) is 9.86. The first-order valence-corrected chi connectivity index (χ1v) is 11.8.